The van der Waals surface area contributed by atoms with E-state index in [9.17, 15) is 19.2 Å². The van der Waals surface area contributed by atoms with Gasteiger partial charge in [0, 0.05) is 44.1 Å². The summed E-state index contributed by atoms with van der Waals surface area (Å²) in [6.45, 7) is 4.55. The lowest BCUT2D eigenvalue weighted by Gasteiger charge is -2.10. The van der Waals surface area contributed by atoms with Crippen LogP contribution < -0.4 is 22.3 Å². The number of fused-ring (bicyclic) bond motifs is 2. The maximum absolute atomic E-state index is 13.1. The van der Waals surface area contributed by atoms with Crippen LogP contribution in [0.25, 0.3) is 33.8 Å². The number of benzene rings is 1. The fourth-order valence-corrected chi connectivity index (χ4v) is 6.49. The van der Waals surface area contributed by atoms with E-state index in [2.05, 4.69) is 35.5 Å². The normalized spacial score (nSPS) is 18.7. The Morgan fingerprint density at radius 3 is 2.53 bits per heavy atom. The predicted octanol–water partition coefficient (Wildman–Crippen LogP) is 1.22. The zero-order valence-electron chi connectivity index (χ0n) is 26.7. The number of ketones is 1. The number of nitrogen functional groups attached to an aromatic ring is 1. The van der Waals surface area contributed by atoms with Gasteiger partial charge in [-0.15, -0.1) is 10.2 Å². The minimum Gasteiger partial charge on any atom is -0.420 e. The van der Waals surface area contributed by atoms with E-state index in [4.69, 9.17) is 14.9 Å². The lowest BCUT2D eigenvalue weighted by atomic mass is 10.1. The molecule has 1 aliphatic heterocycles. The fraction of sp³-hybridized carbons (Fsp3) is 0.355. The Morgan fingerprint density at radius 1 is 1.04 bits per heavy atom. The van der Waals surface area contributed by atoms with Crippen molar-refractivity contribution in [3.63, 3.8) is 0 Å². The van der Waals surface area contributed by atoms with Gasteiger partial charge in [-0.05, 0) is 38.1 Å². The number of hydrogen-bond donors (Lipinski definition) is 2. The Labute approximate surface area is 275 Å². The van der Waals surface area contributed by atoms with Crippen LogP contribution >= 0.6 is 0 Å². The quantitative estimate of drug-likeness (QED) is 0.233. The molecule has 18 heteroatoms. The van der Waals surface area contributed by atoms with Crippen LogP contribution in [0.15, 0.2) is 44.6 Å². The molecule has 250 valence electrons. The van der Waals surface area contributed by atoms with Crippen molar-refractivity contribution < 1.29 is 18.7 Å². The van der Waals surface area contributed by atoms with Gasteiger partial charge in [-0.1, -0.05) is 0 Å². The number of ether oxygens (including phenoxy) is 1. The summed E-state index contributed by atoms with van der Waals surface area (Å²) in [5.74, 6) is 0.609. The third-order valence-electron chi connectivity index (χ3n) is 9.18. The lowest BCUT2D eigenvalue weighted by molar-refractivity contribution is -0.124. The lowest BCUT2D eigenvalue weighted by Crippen LogP contribution is -2.39. The maximum Gasteiger partial charge on any atom is 0.332 e. The van der Waals surface area contributed by atoms with E-state index >= 15 is 0 Å². The molecule has 2 fully saturated rings. The molecule has 6 heterocycles. The van der Waals surface area contributed by atoms with Crippen molar-refractivity contribution in [2.75, 3.05) is 17.7 Å². The van der Waals surface area contributed by atoms with E-state index in [0.29, 0.717) is 65.3 Å². The molecule has 0 bridgehead atoms. The Kier molecular flexibility index (Phi) is 6.81. The van der Waals surface area contributed by atoms with E-state index in [1.807, 2.05) is 6.92 Å². The summed E-state index contributed by atoms with van der Waals surface area (Å²) >= 11 is 0. The second-order valence-corrected chi connectivity index (χ2v) is 11.9. The van der Waals surface area contributed by atoms with E-state index < -0.39 is 22.8 Å². The number of nitrogens with zero attached hydrogens (tertiary/aromatic N) is 10. The van der Waals surface area contributed by atoms with Crippen molar-refractivity contribution in [3.8, 4) is 11.5 Å². The van der Waals surface area contributed by atoms with Gasteiger partial charge in [0.05, 0.1) is 25.4 Å². The summed E-state index contributed by atoms with van der Waals surface area (Å²) in [4.78, 5) is 69.0. The molecule has 1 spiro atoms. The molecule has 1 amide bonds. The van der Waals surface area contributed by atoms with E-state index in [1.54, 1.807) is 53.7 Å². The first-order valence-electron chi connectivity index (χ1n) is 15.7. The molecule has 1 saturated heterocycles. The SMILES string of the molecule is CCn1c(=O)c2c(nc(Cc3nnc(-c4ccc(C(=O)Nc5nc(N)c6ncn(C7C[C@@]78OCCC8=O)c6n5)cc4)o3)n2C)n(CC)c1=O. The summed E-state index contributed by atoms with van der Waals surface area (Å²) in [7, 11) is 1.71. The van der Waals surface area contributed by atoms with Gasteiger partial charge in [-0.25, -0.2) is 14.8 Å². The number of nitrogens with one attached hydrogen (secondary N) is 1. The van der Waals surface area contributed by atoms with Gasteiger partial charge in [-0.3, -0.25) is 28.8 Å². The van der Waals surface area contributed by atoms with Gasteiger partial charge < -0.3 is 24.0 Å². The summed E-state index contributed by atoms with van der Waals surface area (Å²) in [5.41, 5.74) is 6.75. The van der Waals surface area contributed by atoms with Crippen molar-refractivity contribution in [2.24, 2.45) is 7.05 Å². The van der Waals surface area contributed by atoms with Crippen LogP contribution in [0.4, 0.5) is 11.8 Å². The molecule has 8 rings (SSSR count). The second kappa shape index (κ2) is 11.0. The van der Waals surface area contributed by atoms with Crippen LogP contribution in [-0.4, -0.2) is 72.3 Å². The molecule has 49 heavy (non-hydrogen) atoms. The molecule has 1 aliphatic carbocycles. The van der Waals surface area contributed by atoms with Gasteiger partial charge in [-0.2, -0.15) is 9.97 Å². The summed E-state index contributed by atoms with van der Waals surface area (Å²) in [6, 6.07) is 6.25. The van der Waals surface area contributed by atoms with Gasteiger partial charge in [0.15, 0.2) is 28.4 Å². The minimum atomic E-state index is -0.842. The fourth-order valence-electron chi connectivity index (χ4n) is 6.49. The molecule has 3 N–H and O–H groups in total. The van der Waals surface area contributed by atoms with Gasteiger partial charge in [0.1, 0.15) is 16.9 Å². The van der Waals surface area contributed by atoms with Crippen LogP contribution in [0.5, 0.6) is 0 Å². The largest absolute Gasteiger partial charge is 0.420 e. The van der Waals surface area contributed by atoms with Crippen molar-refractivity contribution in [1.82, 2.24) is 48.4 Å². The third kappa shape index (κ3) is 4.66. The summed E-state index contributed by atoms with van der Waals surface area (Å²) in [6.07, 6.45) is 2.59. The van der Waals surface area contributed by atoms with Gasteiger partial charge in [0.2, 0.25) is 17.7 Å². The minimum absolute atomic E-state index is 0.0118. The van der Waals surface area contributed by atoms with Crippen LogP contribution in [-0.2, 0) is 36.1 Å². The number of nitrogens with two attached hydrogens (primary N) is 1. The van der Waals surface area contributed by atoms with Crippen molar-refractivity contribution in [1.29, 1.82) is 0 Å². The Bertz CT molecular complexity index is 2450. The number of carbonyl (C=O) groups excluding carboxylic acids is 2. The standard InChI is InChI=1S/C31H30N12O6/c1-4-41-25-22(28(46)42(5-2)30(41)47)40(3)19(34-25)12-20-38-39-27(49-20)16-8-6-15(7-9-16)26(45)37-29-35-23(32)21-24(36-29)43(14-33-21)17-13-31(17)18(44)10-11-48-31/h6-9,14,17H,4-5,10-13H2,1-3H3,(H3,32,35,36,37,45)/t17?,31-/m1/s1. The van der Waals surface area contributed by atoms with Crippen LogP contribution in [0, 0.1) is 0 Å². The first-order chi connectivity index (χ1) is 23.6. The summed E-state index contributed by atoms with van der Waals surface area (Å²) in [5, 5.41) is 11.0. The number of amides is 1. The number of hydrogen-bond acceptors (Lipinski definition) is 13. The number of imidazole rings is 2. The second-order valence-electron chi connectivity index (χ2n) is 11.9. The van der Waals surface area contributed by atoms with Crippen molar-refractivity contribution in [2.45, 2.75) is 57.8 Å². The molecular formula is C31H30N12O6. The Hall–Kier alpha value is -6.04. The number of carbonyl (C=O) groups is 2. The first-order valence-corrected chi connectivity index (χ1v) is 15.7. The molecule has 2 aliphatic rings. The highest BCUT2D eigenvalue weighted by molar-refractivity contribution is 6.04. The van der Waals surface area contributed by atoms with Gasteiger partial charge in [0.25, 0.3) is 11.5 Å². The number of aryl methyl sites for hydroxylation is 2. The molecule has 18 nitrogen and oxygen atoms in total. The van der Waals surface area contributed by atoms with Crippen molar-refractivity contribution in [3.05, 3.63) is 68.7 Å². The van der Waals surface area contributed by atoms with E-state index in [0.717, 1.165) is 0 Å². The molecule has 2 atom stereocenters. The van der Waals surface area contributed by atoms with Gasteiger partial charge >= 0.3 is 5.69 Å². The average Bonchev–Trinajstić information content (AvgIpc) is 3.50. The predicted molar refractivity (Wildman–Crippen MR) is 173 cm³/mol. The Balaban J connectivity index is 0.993. The number of rotatable bonds is 8. The zero-order chi connectivity index (χ0) is 34.2. The molecular weight excluding hydrogens is 636 g/mol. The van der Waals surface area contributed by atoms with Crippen LogP contribution in [0.3, 0.4) is 0 Å². The summed E-state index contributed by atoms with van der Waals surface area (Å²) < 4.78 is 17.7. The highest BCUT2D eigenvalue weighted by Gasteiger charge is 2.64. The molecule has 1 saturated carbocycles. The highest BCUT2D eigenvalue weighted by atomic mass is 16.5. The average molecular weight is 667 g/mol. The topological polar surface area (TPSA) is 226 Å². The first kappa shape index (κ1) is 30.3. The Morgan fingerprint density at radius 2 is 1.82 bits per heavy atom. The third-order valence-corrected chi connectivity index (χ3v) is 9.18. The smallest absolute Gasteiger partial charge is 0.332 e. The number of aromatic nitrogens is 10. The molecule has 1 unspecified atom stereocenters. The number of anilines is 2. The maximum atomic E-state index is 13.1. The van der Waals surface area contributed by atoms with Crippen LogP contribution in [0.1, 0.15) is 54.8 Å². The van der Waals surface area contributed by atoms with E-state index in [-0.39, 0.29) is 48.3 Å². The van der Waals surface area contributed by atoms with Crippen LogP contribution in [0.2, 0.25) is 0 Å². The monoisotopic (exact) mass is 666 g/mol. The molecule has 1 aromatic carbocycles. The number of Topliss-reactive ketones (excluding diaryl/α,β-unsaturated/α-hetero) is 1. The van der Waals surface area contributed by atoms with Crippen molar-refractivity contribution >= 4 is 45.8 Å². The highest BCUT2D eigenvalue weighted by Crippen LogP contribution is 2.55. The zero-order valence-corrected chi connectivity index (χ0v) is 26.7. The van der Waals surface area contributed by atoms with E-state index in [1.165, 1.54) is 9.13 Å². The molecule has 6 aromatic rings. The molecule has 0 radical (unpaired) electrons. The molecule has 5 aromatic heterocycles.